The number of benzene rings is 1. The summed E-state index contributed by atoms with van der Waals surface area (Å²) >= 11 is 0. The predicted molar refractivity (Wildman–Crippen MR) is 82.4 cm³/mol. The van der Waals surface area contributed by atoms with Gasteiger partial charge in [-0.2, -0.15) is 4.31 Å². The standard InChI is InChI=1S/C15H20N2O4S/c1-2-15(18)17-6-5-12-11-13(3-4-14(12)17)22(19,20)16-7-9-21-10-8-16/h3-4,11H,2,5-10H2,1H3. The van der Waals surface area contributed by atoms with Crippen molar-refractivity contribution in [3.05, 3.63) is 23.8 Å². The number of nitrogens with zero attached hydrogens (tertiary/aromatic N) is 2. The Morgan fingerprint density at radius 1 is 1.23 bits per heavy atom. The molecule has 22 heavy (non-hydrogen) atoms. The van der Waals surface area contributed by atoms with Crippen molar-refractivity contribution in [3.8, 4) is 0 Å². The molecule has 0 spiro atoms. The van der Waals surface area contributed by atoms with Crippen molar-refractivity contribution in [1.29, 1.82) is 0 Å². The van der Waals surface area contributed by atoms with Crippen LogP contribution in [0.1, 0.15) is 18.9 Å². The fourth-order valence-corrected chi connectivity index (χ4v) is 4.38. The minimum atomic E-state index is -3.48. The number of fused-ring (bicyclic) bond motifs is 1. The average molecular weight is 324 g/mol. The SMILES string of the molecule is CCC(=O)N1CCc2cc(S(=O)(=O)N3CCOCC3)ccc21. The van der Waals surface area contributed by atoms with Gasteiger partial charge in [-0.25, -0.2) is 8.42 Å². The largest absolute Gasteiger partial charge is 0.379 e. The van der Waals surface area contributed by atoms with E-state index in [-0.39, 0.29) is 5.91 Å². The normalized spacial score (nSPS) is 19.2. The van der Waals surface area contributed by atoms with Crippen molar-refractivity contribution in [3.63, 3.8) is 0 Å². The molecule has 1 fully saturated rings. The van der Waals surface area contributed by atoms with E-state index in [9.17, 15) is 13.2 Å². The Morgan fingerprint density at radius 3 is 2.64 bits per heavy atom. The molecule has 0 aliphatic carbocycles. The lowest BCUT2D eigenvalue weighted by atomic mass is 10.2. The third-order valence-corrected chi connectivity index (χ3v) is 6.05. The van der Waals surface area contributed by atoms with Crippen LogP contribution in [0.3, 0.4) is 0 Å². The van der Waals surface area contributed by atoms with E-state index in [1.165, 1.54) is 4.31 Å². The summed E-state index contributed by atoms with van der Waals surface area (Å²) < 4.78 is 32.0. The highest BCUT2D eigenvalue weighted by Gasteiger charge is 2.29. The van der Waals surface area contributed by atoms with E-state index in [1.807, 2.05) is 6.92 Å². The van der Waals surface area contributed by atoms with Crippen LogP contribution in [0.25, 0.3) is 0 Å². The lowest BCUT2D eigenvalue weighted by molar-refractivity contribution is -0.118. The molecule has 1 aromatic rings. The molecule has 1 amide bonds. The van der Waals surface area contributed by atoms with E-state index < -0.39 is 10.0 Å². The molecule has 1 aromatic carbocycles. The Balaban J connectivity index is 1.90. The van der Waals surface area contributed by atoms with Gasteiger partial charge in [0.25, 0.3) is 0 Å². The molecule has 1 saturated heterocycles. The van der Waals surface area contributed by atoms with Crippen LogP contribution in [-0.4, -0.2) is 51.5 Å². The van der Waals surface area contributed by atoms with Crippen molar-refractivity contribution < 1.29 is 17.9 Å². The van der Waals surface area contributed by atoms with Gasteiger partial charge in [-0.3, -0.25) is 4.79 Å². The predicted octanol–water partition coefficient (Wildman–Crippen LogP) is 1.01. The fourth-order valence-electron chi connectivity index (χ4n) is 2.92. The Bertz CT molecular complexity index is 681. The number of anilines is 1. The van der Waals surface area contributed by atoms with Crippen molar-refractivity contribution >= 4 is 21.6 Å². The number of sulfonamides is 1. The number of rotatable bonds is 3. The Labute approximate surface area is 130 Å². The molecule has 2 heterocycles. The number of ether oxygens (including phenoxy) is 1. The number of hydrogen-bond donors (Lipinski definition) is 0. The second-order valence-corrected chi connectivity index (χ2v) is 7.39. The molecular weight excluding hydrogens is 304 g/mol. The molecule has 0 atom stereocenters. The summed E-state index contributed by atoms with van der Waals surface area (Å²) in [5.74, 6) is 0.0718. The van der Waals surface area contributed by atoms with Crippen LogP contribution in [0, 0.1) is 0 Å². The van der Waals surface area contributed by atoms with E-state index in [4.69, 9.17) is 4.74 Å². The number of morpholine rings is 1. The van der Waals surface area contributed by atoms with Gasteiger partial charge in [-0.1, -0.05) is 6.92 Å². The smallest absolute Gasteiger partial charge is 0.243 e. The molecule has 7 heteroatoms. The van der Waals surface area contributed by atoms with Crippen LogP contribution >= 0.6 is 0 Å². The molecule has 120 valence electrons. The second-order valence-electron chi connectivity index (χ2n) is 5.46. The number of amides is 1. The zero-order valence-electron chi connectivity index (χ0n) is 12.6. The number of carbonyl (C=O) groups is 1. The summed E-state index contributed by atoms with van der Waals surface area (Å²) in [6, 6.07) is 5.07. The molecule has 2 aliphatic heterocycles. The van der Waals surface area contributed by atoms with Gasteiger partial charge >= 0.3 is 0 Å². The maximum Gasteiger partial charge on any atom is 0.243 e. The minimum Gasteiger partial charge on any atom is -0.379 e. The number of hydrogen-bond acceptors (Lipinski definition) is 4. The van der Waals surface area contributed by atoms with E-state index in [0.717, 1.165) is 11.3 Å². The summed E-state index contributed by atoms with van der Waals surface area (Å²) in [5.41, 5.74) is 1.77. The first-order valence-electron chi connectivity index (χ1n) is 7.55. The third kappa shape index (κ3) is 2.64. The van der Waals surface area contributed by atoms with Crippen LogP contribution in [0.5, 0.6) is 0 Å². The van der Waals surface area contributed by atoms with Gasteiger partial charge in [0.05, 0.1) is 18.1 Å². The zero-order valence-corrected chi connectivity index (χ0v) is 13.4. The lowest BCUT2D eigenvalue weighted by Crippen LogP contribution is -2.40. The molecule has 0 unspecified atom stereocenters. The molecule has 0 aromatic heterocycles. The van der Waals surface area contributed by atoms with Crippen molar-refractivity contribution in [2.75, 3.05) is 37.7 Å². The zero-order chi connectivity index (χ0) is 15.7. The van der Waals surface area contributed by atoms with Gasteiger partial charge in [-0.05, 0) is 30.2 Å². The molecule has 0 N–H and O–H groups in total. The topological polar surface area (TPSA) is 66.9 Å². The van der Waals surface area contributed by atoms with E-state index in [2.05, 4.69) is 0 Å². The third-order valence-electron chi connectivity index (χ3n) is 4.16. The summed E-state index contributed by atoms with van der Waals surface area (Å²) in [7, 11) is -3.48. The molecule has 0 saturated carbocycles. The maximum absolute atomic E-state index is 12.6. The second kappa shape index (κ2) is 5.98. The van der Waals surface area contributed by atoms with Crippen molar-refractivity contribution in [2.45, 2.75) is 24.7 Å². The molecular formula is C15H20N2O4S. The van der Waals surface area contributed by atoms with Gasteiger partial charge in [0.2, 0.25) is 15.9 Å². The van der Waals surface area contributed by atoms with E-state index in [1.54, 1.807) is 23.1 Å². The highest BCUT2D eigenvalue weighted by molar-refractivity contribution is 7.89. The average Bonchev–Trinajstić information content (AvgIpc) is 2.98. The molecule has 6 nitrogen and oxygen atoms in total. The minimum absolute atomic E-state index is 0.0718. The van der Waals surface area contributed by atoms with Crippen LogP contribution in [0.15, 0.2) is 23.1 Å². The van der Waals surface area contributed by atoms with Gasteiger partial charge in [0, 0.05) is 31.7 Å². The first kappa shape index (κ1) is 15.5. The summed E-state index contributed by atoms with van der Waals surface area (Å²) in [4.78, 5) is 13.9. The Kier molecular flexibility index (Phi) is 4.20. The van der Waals surface area contributed by atoms with Gasteiger partial charge in [-0.15, -0.1) is 0 Å². The highest BCUT2D eigenvalue weighted by Crippen LogP contribution is 2.31. The van der Waals surface area contributed by atoms with Crippen LogP contribution in [0.2, 0.25) is 0 Å². The van der Waals surface area contributed by atoms with Gasteiger partial charge < -0.3 is 9.64 Å². The Morgan fingerprint density at radius 2 is 1.95 bits per heavy atom. The monoisotopic (exact) mass is 324 g/mol. The molecule has 0 radical (unpaired) electrons. The van der Waals surface area contributed by atoms with Crippen molar-refractivity contribution in [1.82, 2.24) is 4.31 Å². The summed E-state index contributed by atoms with van der Waals surface area (Å²) in [5, 5.41) is 0. The van der Waals surface area contributed by atoms with Gasteiger partial charge in [0.15, 0.2) is 0 Å². The van der Waals surface area contributed by atoms with Crippen LogP contribution < -0.4 is 4.90 Å². The molecule has 0 bridgehead atoms. The lowest BCUT2D eigenvalue weighted by Gasteiger charge is -2.26. The summed E-state index contributed by atoms with van der Waals surface area (Å²) in [6.07, 6.45) is 1.15. The van der Waals surface area contributed by atoms with Crippen LogP contribution in [0.4, 0.5) is 5.69 Å². The quantitative estimate of drug-likeness (QED) is 0.832. The molecule has 2 aliphatic rings. The fraction of sp³-hybridized carbons (Fsp3) is 0.533. The maximum atomic E-state index is 12.6. The summed E-state index contributed by atoms with van der Waals surface area (Å²) in [6.45, 7) is 4.10. The first-order valence-corrected chi connectivity index (χ1v) is 8.99. The van der Waals surface area contributed by atoms with E-state index in [0.29, 0.717) is 50.6 Å². The Hall–Kier alpha value is -1.44. The van der Waals surface area contributed by atoms with Gasteiger partial charge in [0.1, 0.15) is 0 Å². The highest BCUT2D eigenvalue weighted by atomic mass is 32.2. The van der Waals surface area contributed by atoms with Crippen LogP contribution in [-0.2, 0) is 26.0 Å². The van der Waals surface area contributed by atoms with E-state index >= 15 is 0 Å². The van der Waals surface area contributed by atoms with Crippen molar-refractivity contribution in [2.24, 2.45) is 0 Å². The first-order chi connectivity index (χ1) is 10.5. The molecule has 3 rings (SSSR count). The number of carbonyl (C=O) groups excluding carboxylic acids is 1.